The van der Waals surface area contributed by atoms with Gasteiger partial charge in [0.25, 0.3) is 0 Å². The van der Waals surface area contributed by atoms with E-state index in [1.54, 1.807) is 4.90 Å². The lowest BCUT2D eigenvalue weighted by atomic mass is 9.97. The van der Waals surface area contributed by atoms with E-state index in [1.807, 2.05) is 26.0 Å². The number of nitrogens with one attached hydrogen (secondary N) is 1. The zero-order valence-corrected chi connectivity index (χ0v) is 13.9. The number of benzene rings is 1. The molecule has 0 saturated carbocycles. The van der Waals surface area contributed by atoms with Crippen LogP contribution in [0.5, 0.6) is 5.75 Å². The van der Waals surface area contributed by atoms with E-state index in [-0.39, 0.29) is 17.9 Å². The molecule has 126 valence electrons. The van der Waals surface area contributed by atoms with Gasteiger partial charge in [-0.2, -0.15) is 0 Å². The Morgan fingerprint density at radius 1 is 1.35 bits per heavy atom. The molecule has 0 aromatic heterocycles. The molecular weight excluding hydrogens is 296 g/mol. The highest BCUT2D eigenvalue weighted by Crippen LogP contribution is 2.23. The van der Waals surface area contributed by atoms with Crippen molar-refractivity contribution >= 4 is 12.0 Å². The largest absolute Gasteiger partial charge is 0.507 e. The number of aryl methyl sites for hydroxylation is 2. The van der Waals surface area contributed by atoms with E-state index in [4.69, 9.17) is 4.74 Å². The van der Waals surface area contributed by atoms with Gasteiger partial charge in [0.2, 0.25) is 5.91 Å². The fourth-order valence-electron chi connectivity index (χ4n) is 2.97. The highest BCUT2D eigenvalue weighted by molar-refractivity contribution is 5.80. The molecule has 23 heavy (non-hydrogen) atoms. The Morgan fingerprint density at radius 2 is 2.00 bits per heavy atom. The van der Waals surface area contributed by atoms with Crippen molar-refractivity contribution in [2.75, 3.05) is 20.2 Å². The Hall–Kier alpha value is -2.24. The van der Waals surface area contributed by atoms with E-state index in [9.17, 15) is 14.7 Å². The number of nitrogens with zero attached hydrogens (tertiary/aromatic N) is 1. The Bertz CT molecular complexity index is 577. The maximum absolute atomic E-state index is 12.3. The standard InChI is InChI=1S/C17H24N2O4/c1-11-7-13(8-12(2)15(11)20)9-18-16(21)14-5-4-6-19(10-14)17(22)23-3/h7-8,14,20H,4-6,9-10H2,1-3H3,(H,18,21)/t14-/m0/s1. The number of amides is 2. The molecule has 6 nitrogen and oxygen atoms in total. The zero-order chi connectivity index (χ0) is 17.0. The Morgan fingerprint density at radius 3 is 2.61 bits per heavy atom. The predicted octanol–water partition coefficient (Wildman–Crippen LogP) is 2.10. The summed E-state index contributed by atoms with van der Waals surface area (Å²) in [4.78, 5) is 25.5. The molecule has 6 heteroatoms. The first-order valence-electron chi connectivity index (χ1n) is 7.82. The number of carbonyl (C=O) groups is 2. The van der Waals surface area contributed by atoms with Crippen LogP contribution < -0.4 is 5.32 Å². The molecule has 1 atom stereocenters. The number of aromatic hydroxyl groups is 1. The summed E-state index contributed by atoms with van der Waals surface area (Å²) < 4.78 is 4.72. The third-order valence-corrected chi connectivity index (χ3v) is 4.24. The van der Waals surface area contributed by atoms with E-state index < -0.39 is 0 Å². The number of phenolic OH excluding ortho intramolecular Hbond substituents is 1. The highest BCUT2D eigenvalue weighted by Gasteiger charge is 2.28. The van der Waals surface area contributed by atoms with Gasteiger partial charge in [-0.05, 0) is 43.4 Å². The molecule has 0 radical (unpaired) electrons. The SMILES string of the molecule is COC(=O)N1CCC[C@H](C(=O)NCc2cc(C)c(O)c(C)c2)C1. The van der Waals surface area contributed by atoms with Crippen LogP contribution in [0.25, 0.3) is 0 Å². The number of methoxy groups -OCH3 is 1. The molecule has 0 spiro atoms. The lowest BCUT2D eigenvalue weighted by Crippen LogP contribution is -2.45. The molecule has 1 saturated heterocycles. The molecule has 1 fully saturated rings. The van der Waals surface area contributed by atoms with Crippen molar-refractivity contribution in [1.29, 1.82) is 0 Å². The van der Waals surface area contributed by atoms with Crippen LogP contribution in [0.4, 0.5) is 4.79 Å². The van der Waals surface area contributed by atoms with Crippen LogP contribution in [-0.2, 0) is 16.1 Å². The molecule has 2 amide bonds. The average molecular weight is 320 g/mol. The minimum atomic E-state index is -0.382. The van der Waals surface area contributed by atoms with Gasteiger partial charge in [0.05, 0.1) is 13.0 Å². The Balaban J connectivity index is 1.93. The first kappa shape index (κ1) is 17.1. The number of piperidine rings is 1. The normalized spacial score (nSPS) is 17.7. The molecule has 2 N–H and O–H groups in total. The summed E-state index contributed by atoms with van der Waals surface area (Å²) in [6.45, 7) is 5.11. The van der Waals surface area contributed by atoms with Gasteiger partial charge in [-0.1, -0.05) is 12.1 Å². The summed E-state index contributed by atoms with van der Waals surface area (Å²) in [6, 6.07) is 3.73. The topological polar surface area (TPSA) is 78.9 Å². The summed E-state index contributed by atoms with van der Waals surface area (Å²) in [5.41, 5.74) is 2.54. The number of hydrogen-bond donors (Lipinski definition) is 2. The number of rotatable bonds is 3. The van der Waals surface area contributed by atoms with Crippen LogP contribution in [0.3, 0.4) is 0 Å². The van der Waals surface area contributed by atoms with Crippen molar-refractivity contribution in [1.82, 2.24) is 10.2 Å². The van der Waals surface area contributed by atoms with Crippen LogP contribution in [0.1, 0.15) is 29.5 Å². The molecule has 1 aromatic rings. The van der Waals surface area contributed by atoms with Gasteiger partial charge < -0.3 is 20.1 Å². The average Bonchev–Trinajstić information content (AvgIpc) is 2.56. The summed E-state index contributed by atoms with van der Waals surface area (Å²) in [6.07, 6.45) is 1.18. The van der Waals surface area contributed by atoms with E-state index in [0.717, 1.165) is 29.5 Å². The van der Waals surface area contributed by atoms with Crippen molar-refractivity contribution in [2.45, 2.75) is 33.2 Å². The summed E-state index contributed by atoms with van der Waals surface area (Å²) in [5, 5.41) is 12.7. The second-order valence-corrected chi connectivity index (χ2v) is 6.05. The minimum absolute atomic E-state index is 0.0537. The van der Waals surface area contributed by atoms with E-state index in [1.165, 1.54) is 7.11 Å². The molecule has 1 aromatic carbocycles. The smallest absolute Gasteiger partial charge is 0.409 e. The fraction of sp³-hybridized carbons (Fsp3) is 0.529. The monoisotopic (exact) mass is 320 g/mol. The van der Waals surface area contributed by atoms with Crippen molar-refractivity contribution < 1.29 is 19.4 Å². The van der Waals surface area contributed by atoms with E-state index >= 15 is 0 Å². The first-order valence-corrected chi connectivity index (χ1v) is 7.82. The molecule has 2 rings (SSSR count). The minimum Gasteiger partial charge on any atom is -0.507 e. The number of likely N-dealkylation sites (tertiary alicyclic amines) is 1. The fourth-order valence-corrected chi connectivity index (χ4v) is 2.97. The quantitative estimate of drug-likeness (QED) is 0.894. The van der Waals surface area contributed by atoms with Gasteiger partial charge >= 0.3 is 6.09 Å². The summed E-state index contributed by atoms with van der Waals surface area (Å²) >= 11 is 0. The lowest BCUT2D eigenvalue weighted by Gasteiger charge is -2.30. The highest BCUT2D eigenvalue weighted by atomic mass is 16.5. The summed E-state index contributed by atoms with van der Waals surface area (Å²) in [5.74, 6) is 0.0326. The van der Waals surface area contributed by atoms with Gasteiger partial charge in [0, 0.05) is 19.6 Å². The van der Waals surface area contributed by atoms with Crippen molar-refractivity contribution in [2.24, 2.45) is 5.92 Å². The molecule has 1 heterocycles. The van der Waals surface area contributed by atoms with Crippen molar-refractivity contribution in [3.63, 3.8) is 0 Å². The molecule has 0 bridgehead atoms. The molecule has 0 unspecified atom stereocenters. The maximum Gasteiger partial charge on any atom is 0.409 e. The summed E-state index contributed by atoms with van der Waals surface area (Å²) in [7, 11) is 1.35. The van der Waals surface area contributed by atoms with Crippen LogP contribution in [-0.4, -0.2) is 42.2 Å². The van der Waals surface area contributed by atoms with Gasteiger partial charge in [-0.25, -0.2) is 4.79 Å². The third kappa shape index (κ3) is 4.15. The molecule has 1 aliphatic rings. The van der Waals surface area contributed by atoms with Crippen molar-refractivity contribution in [3.05, 3.63) is 28.8 Å². The van der Waals surface area contributed by atoms with Gasteiger partial charge in [0.1, 0.15) is 5.75 Å². The van der Waals surface area contributed by atoms with Gasteiger partial charge in [0.15, 0.2) is 0 Å². The second-order valence-electron chi connectivity index (χ2n) is 6.05. The third-order valence-electron chi connectivity index (χ3n) is 4.24. The number of hydrogen-bond acceptors (Lipinski definition) is 4. The molecular formula is C17H24N2O4. The van der Waals surface area contributed by atoms with Crippen LogP contribution >= 0.6 is 0 Å². The maximum atomic E-state index is 12.3. The zero-order valence-electron chi connectivity index (χ0n) is 13.9. The predicted molar refractivity (Wildman–Crippen MR) is 86.1 cm³/mol. The Kier molecular flexibility index (Phi) is 5.47. The van der Waals surface area contributed by atoms with Gasteiger partial charge in [-0.15, -0.1) is 0 Å². The number of carbonyl (C=O) groups excluding carboxylic acids is 2. The lowest BCUT2D eigenvalue weighted by molar-refractivity contribution is -0.126. The van der Waals surface area contributed by atoms with Crippen LogP contribution in [0.15, 0.2) is 12.1 Å². The van der Waals surface area contributed by atoms with Gasteiger partial charge in [-0.3, -0.25) is 4.79 Å². The number of phenols is 1. The molecule has 1 aliphatic heterocycles. The van der Waals surface area contributed by atoms with Crippen LogP contribution in [0, 0.1) is 19.8 Å². The number of ether oxygens (including phenoxy) is 1. The second kappa shape index (κ2) is 7.35. The molecule has 0 aliphatic carbocycles. The Labute approximate surface area is 136 Å². The van der Waals surface area contributed by atoms with Crippen LogP contribution in [0.2, 0.25) is 0 Å². The van der Waals surface area contributed by atoms with Crippen molar-refractivity contribution in [3.8, 4) is 5.75 Å². The van der Waals surface area contributed by atoms with E-state index in [2.05, 4.69) is 5.32 Å². The first-order chi connectivity index (χ1) is 10.9. The van der Waals surface area contributed by atoms with E-state index in [0.29, 0.717) is 25.4 Å².